The summed E-state index contributed by atoms with van der Waals surface area (Å²) in [5.74, 6) is 0. The number of carbonyl (C=O) groups is 1. The Morgan fingerprint density at radius 3 is 2.54 bits per heavy atom. The lowest BCUT2D eigenvalue weighted by Gasteiger charge is -2.40. The smallest absolute Gasteiger partial charge is 0.416 e. The summed E-state index contributed by atoms with van der Waals surface area (Å²) in [6, 6.07) is -0.648. The monoisotopic (exact) mass is 362 g/mol. The molecule has 24 heavy (non-hydrogen) atoms. The van der Waals surface area contributed by atoms with Crippen LogP contribution in [0.5, 0.6) is 0 Å². The molecular weight excluding hydrogens is 336 g/mol. The highest BCUT2D eigenvalue weighted by Gasteiger charge is 2.50. The van der Waals surface area contributed by atoms with Gasteiger partial charge in [0, 0.05) is 14.2 Å². The number of ether oxygens (including phenoxy) is 3. The number of fused-ring (bicyclic) bond motifs is 1. The molecule has 6 atom stereocenters. The molecule has 0 bridgehead atoms. The molecule has 0 spiro atoms. The zero-order valence-electron chi connectivity index (χ0n) is 14.8. The largest absolute Gasteiger partial charge is 0.443 e. The fraction of sp³-hybridized carbons (Fsp3) is 0.867. The number of methoxy groups -OCH3 is 1. The normalized spacial score (nSPS) is 34.3. The van der Waals surface area contributed by atoms with Gasteiger partial charge in [-0.3, -0.25) is 9.89 Å². The number of amidine groups is 1. The van der Waals surface area contributed by atoms with Crippen LogP contribution in [0.4, 0.5) is 4.79 Å². The van der Waals surface area contributed by atoms with Gasteiger partial charge in [0.15, 0.2) is 5.17 Å². The lowest BCUT2D eigenvalue weighted by Crippen LogP contribution is -2.58. The number of carbonyl (C=O) groups excluding carboxylic acids is 1. The third kappa shape index (κ3) is 4.02. The predicted molar refractivity (Wildman–Crippen MR) is 90.0 cm³/mol. The number of hydrogen-bond donors (Lipinski definition) is 2. The van der Waals surface area contributed by atoms with Crippen LogP contribution < -0.4 is 0 Å². The van der Waals surface area contributed by atoms with Crippen LogP contribution in [0.2, 0.25) is 0 Å². The number of rotatable bonds is 2. The molecule has 9 heteroatoms. The second kappa shape index (κ2) is 7.17. The summed E-state index contributed by atoms with van der Waals surface area (Å²) in [7, 11) is 3.06. The molecule has 2 aliphatic heterocycles. The molecular formula is C15H26N2O6S. The molecule has 0 aromatic rings. The fourth-order valence-electron chi connectivity index (χ4n) is 2.47. The van der Waals surface area contributed by atoms with Crippen molar-refractivity contribution in [2.45, 2.75) is 69.2 Å². The Balaban J connectivity index is 2.10. The standard InChI is InChI=1S/C15H26N2O6S/c1-7(21-6)11-10(19)9(18)8-12(22-11)24-13(16-8)17(5)14(20)23-15(2,3)4/h7-12,18-19H,1-6H3/t7-,8+,9+,10-,11+,12+/m0/s1. The van der Waals surface area contributed by atoms with Gasteiger partial charge in [-0.2, -0.15) is 0 Å². The maximum Gasteiger partial charge on any atom is 0.416 e. The van der Waals surface area contributed by atoms with Crippen LogP contribution in [0.3, 0.4) is 0 Å². The lowest BCUT2D eigenvalue weighted by atomic mass is 9.95. The first-order chi connectivity index (χ1) is 11.0. The van der Waals surface area contributed by atoms with E-state index in [1.165, 1.54) is 23.8 Å². The predicted octanol–water partition coefficient (Wildman–Crippen LogP) is 0.806. The van der Waals surface area contributed by atoms with E-state index in [2.05, 4.69) is 4.99 Å². The molecule has 138 valence electrons. The Bertz CT molecular complexity index is 509. The van der Waals surface area contributed by atoms with Crippen molar-refractivity contribution in [1.82, 2.24) is 4.90 Å². The second-order valence-electron chi connectivity index (χ2n) is 6.95. The van der Waals surface area contributed by atoms with Crippen LogP contribution >= 0.6 is 11.8 Å². The number of aliphatic imine (C=N–C) groups is 1. The van der Waals surface area contributed by atoms with Crippen LogP contribution in [0.25, 0.3) is 0 Å². The molecule has 8 nitrogen and oxygen atoms in total. The van der Waals surface area contributed by atoms with Gasteiger partial charge in [-0.05, 0) is 27.7 Å². The van der Waals surface area contributed by atoms with Gasteiger partial charge in [0.2, 0.25) is 0 Å². The number of thioether (sulfide) groups is 1. The van der Waals surface area contributed by atoms with E-state index in [4.69, 9.17) is 14.2 Å². The third-order valence-corrected chi connectivity index (χ3v) is 5.09. The van der Waals surface area contributed by atoms with E-state index in [9.17, 15) is 15.0 Å². The van der Waals surface area contributed by atoms with Crippen molar-refractivity contribution in [3.63, 3.8) is 0 Å². The molecule has 2 N–H and O–H groups in total. The van der Waals surface area contributed by atoms with Crippen molar-refractivity contribution in [2.75, 3.05) is 14.2 Å². The van der Waals surface area contributed by atoms with Crippen molar-refractivity contribution < 1.29 is 29.2 Å². The van der Waals surface area contributed by atoms with Crippen molar-refractivity contribution in [3.8, 4) is 0 Å². The molecule has 1 fully saturated rings. The zero-order valence-corrected chi connectivity index (χ0v) is 15.6. The summed E-state index contributed by atoms with van der Waals surface area (Å²) >= 11 is 1.22. The highest BCUT2D eigenvalue weighted by molar-refractivity contribution is 8.14. The van der Waals surface area contributed by atoms with Gasteiger partial charge in [0.25, 0.3) is 0 Å². The molecule has 2 heterocycles. The van der Waals surface area contributed by atoms with Gasteiger partial charge in [-0.1, -0.05) is 11.8 Å². The van der Waals surface area contributed by atoms with Gasteiger partial charge in [-0.25, -0.2) is 4.79 Å². The average molecular weight is 362 g/mol. The maximum absolute atomic E-state index is 12.2. The minimum Gasteiger partial charge on any atom is -0.443 e. The molecule has 1 saturated heterocycles. The van der Waals surface area contributed by atoms with E-state index >= 15 is 0 Å². The Labute approximate surface area is 146 Å². The summed E-state index contributed by atoms with van der Waals surface area (Å²) in [5, 5.41) is 21.0. The third-order valence-electron chi connectivity index (χ3n) is 3.88. The number of hydrogen-bond acceptors (Lipinski definition) is 8. The van der Waals surface area contributed by atoms with Gasteiger partial charge < -0.3 is 24.4 Å². The Morgan fingerprint density at radius 2 is 2.00 bits per heavy atom. The maximum atomic E-state index is 12.2. The topological polar surface area (TPSA) is 101 Å². The van der Waals surface area contributed by atoms with Crippen LogP contribution in [0, 0.1) is 0 Å². The van der Waals surface area contributed by atoms with Gasteiger partial charge in [0.1, 0.15) is 35.4 Å². The SMILES string of the molecule is CO[C@@H](C)[C@H]1O[C@@H]2SC(N(C)C(=O)OC(C)(C)C)=N[C@@H]2[C@@H](O)[C@@H]1O. The van der Waals surface area contributed by atoms with Crippen molar-refractivity contribution >= 4 is 23.0 Å². The highest BCUT2D eigenvalue weighted by atomic mass is 32.2. The minimum absolute atomic E-state index is 0.385. The molecule has 2 rings (SSSR count). The molecule has 0 aromatic heterocycles. The Kier molecular flexibility index (Phi) is 5.81. The van der Waals surface area contributed by atoms with E-state index in [-0.39, 0.29) is 6.10 Å². The summed E-state index contributed by atoms with van der Waals surface area (Å²) in [5.41, 5.74) is -1.11. The minimum atomic E-state index is -1.11. The molecule has 0 saturated carbocycles. The van der Waals surface area contributed by atoms with E-state index in [1.54, 1.807) is 34.7 Å². The van der Waals surface area contributed by atoms with Crippen molar-refractivity contribution in [2.24, 2.45) is 4.99 Å². The first kappa shape index (κ1) is 19.5. The van der Waals surface area contributed by atoms with Crippen LogP contribution in [0.1, 0.15) is 27.7 Å². The average Bonchev–Trinajstić information content (AvgIpc) is 2.91. The highest BCUT2D eigenvalue weighted by Crippen LogP contribution is 2.38. The van der Waals surface area contributed by atoms with Crippen LogP contribution in [-0.4, -0.2) is 82.0 Å². The van der Waals surface area contributed by atoms with Crippen LogP contribution in [0.15, 0.2) is 4.99 Å². The number of aliphatic hydroxyl groups excluding tert-OH is 2. The van der Waals surface area contributed by atoms with Gasteiger partial charge in [-0.15, -0.1) is 0 Å². The van der Waals surface area contributed by atoms with E-state index in [0.29, 0.717) is 5.17 Å². The van der Waals surface area contributed by atoms with Crippen LogP contribution in [-0.2, 0) is 14.2 Å². The molecule has 0 aromatic carbocycles. The number of nitrogens with zero attached hydrogens (tertiary/aromatic N) is 2. The summed E-state index contributed by atoms with van der Waals surface area (Å²) in [6.07, 6.45) is -3.80. The summed E-state index contributed by atoms with van der Waals surface area (Å²) < 4.78 is 16.3. The molecule has 2 aliphatic rings. The Morgan fingerprint density at radius 1 is 1.38 bits per heavy atom. The van der Waals surface area contributed by atoms with Gasteiger partial charge >= 0.3 is 6.09 Å². The first-order valence-corrected chi connectivity index (χ1v) is 8.68. The summed E-state index contributed by atoms with van der Waals surface area (Å²) in [4.78, 5) is 17.8. The van der Waals surface area contributed by atoms with E-state index in [1.807, 2.05) is 0 Å². The second-order valence-corrected chi connectivity index (χ2v) is 8.02. The van der Waals surface area contributed by atoms with Crippen molar-refractivity contribution in [1.29, 1.82) is 0 Å². The lowest BCUT2D eigenvalue weighted by molar-refractivity contribution is -0.186. The molecule has 0 radical (unpaired) electrons. The summed E-state index contributed by atoms with van der Waals surface area (Å²) in [6.45, 7) is 7.10. The number of aliphatic hydroxyl groups is 2. The van der Waals surface area contributed by atoms with Crippen molar-refractivity contribution in [3.05, 3.63) is 0 Å². The molecule has 0 unspecified atom stereocenters. The zero-order chi connectivity index (χ0) is 18.2. The Hall–Kier alpha value is -0.870. The van der Waals surface area contributed by atoms with E-state index in [0.717, 1.165) is 0 Å². The van der Waals surface area contributed by atoms with Gasteiger partial charge in [0.05, 0.1) is 6.10 Å². The van der Waals surface area contributed by atoms with E-state index < -0.39 is 41.5 Å². The molecule has 1 amide bonds. The quantitative estimate of drug-likeness (QED) is 0.749. The number of amides is 1. The first-order valence-electron chi connectivity index (χ1n) is 7.80. The fourth-order valence-corrected chi connectivity index (χ4v) is 3.63. The molecule has 0 aliphatic carbocycles.